The second kappa shape index (κ2) is 7.42. The van der Waals surface area contributed by atoms with Crippen LogP contribution in [0.3, 0.4) is 0 Å². The minimum atomic E-state index is -1.18. The molecule has 4 nitrogen and oxygen atoms in total. The van der Waals surface area contributed by atoms with Crippen molar-refractivity contribution in [1.82, 2.24) is 10.2 Å². The van der Waals surface area contributed by atoms with Crippen molar-refractivity contribution in [2.24, 2.45) is 5.92 Å². The SMILES string of the molecule is Oc1c([C@H](C2CCOCC2)N2CCNCC2)cc(Br)c(F)c1F. The van der Waals surface area contributed by atoms with E-state index in [0.717, 1.165) is 39.0 Å². The van der Waals surface area contributed by atoms with Crippen LogP contribution in [0, 0.1) is 17.6 Å². The third-order valence-corrected chi connectivity index (χ3v) is 5.32. The van der Waals surface area contributed by atoms with Crippen molar-refractivity contribution in [3.05, 3.63) is 27.7 Å². The zero-order chi connectivity index (χ0) is 16.4. The van der Waals surface area contributed by atoms with E-state index in [1.807, 2.05) is 0 Å². The van der Waals surface area contributed by atoms with E-state index in [2.05, 4.69) is 26.1 Å². The number of aromatic hydroxyl groups is 1. The number of phenols is 1. The summed E-state index contributed by atoms with van der Waals surface area (Å²) in [6.45, 7) is 4.67. The molecule has 1 aromatic rings. The van der Waals surface area contributed by atoms with Crippen molar-refractivity contribution in [2.45, 2.75) is 18.9 Å². The van der Waals surface area contributed by atoms with Gasteiger partial charge in [-0.3, -0.25) is 4.90 Å². The van der Waals surface area contributed by atoms with Gasteiger partial charge in [0.1, 0.15) is 0 Å². The molecule has 0 unspecified atom stereocenters. The Morgan fingerprint density at radius 3 is 2.52 bits per heavy atom. The molecule has 0 spiro atoms. The summed E-state index contributed by atoms with van der Waals surface area (Å²) in [6.07, 6.45) is 1.70. The minimum absolute atomic E-state index is 0.0509. The molecule has 2 saturated heterocycles. The summed E-state index contributed by atoms with van der Waals surface area (Å²) in [7, 11) is 0. The Hall–Kier alpha value is -0.760. The third-order valence-electron chi connectivity index (χ3n) is 4.74. The van der Waals surface area contributed by atoms with Gasteiger partial charge in [0.05, 0.1) is 4.47 Å². The molecule has 2 aliphatic heterocycles. The zero-order valence-corrected chi connectivity index (χ0v) is 14.4. The zero-order valence-electron chi connectivity index (χ0n) is 12.8. The number of nitrogens with zero attached hydrogens (tertiary/aromatic N) is 1. The molecule has 1 aromatic carbocycles. The summed E-state index contributed by atoms with van der Waals surface area (Å²) >= 11 is 3.07. The molecule has 2 N–H and O–H groups in total. The van der Waals surface area contributed by atoms with Gasteiger partial charge >= 0.3 is 0 Å². The van der Waals surface area contributed by atoms with E-state index < -0.39 is 17.4 Å². The minimum Gasteiger partial charge on any atom is -0.505 e. The van der Waals surface area contributed by atoms with Crippen molar-refractivity contribution >= 4 is 15.9 Å². The molecular formula is C16H21BrF2N2O2. The van der Waals surface area contributed by atoms with Crippen LogP contribution in [-0.2, 0) is 4.74 Å². The Morgan fingerprint density at radius 2 is 1.87 bits per heavy atom. The van der Waals surface area contributed by atoms with Crippen molar-refractivity contribution in [3.8, 4) is 5.75 Å². The Balaban J connectivity index is 2.00. The fourth-order valence-electron chi connectivity index (χ4n) is 3.57. The van der Waals surface area contributed by atoms with Crippen LogP contribution in [0.5, 0.6) is 5.75 Å². The van der Waals surface area contributed by atoms with E-state index >= 15 is 0 Å². The van der Waals surface area contributed by atoms with E-state index in [1.165, 1.54) is 6.07 Å². The van der Waals surface area contributed by atoms with Gasteiger partial charge in [-0.1, -0.05) is 0 Å². The Morgan fingerprint density at radius 1 is 1.22 bits per heavy atom. The molecule has 128 valence electrons. The van der Waals surface area contributed by atoms with Crippen molar-refractivity contribution in [2.75, 3.05) is 39.4 Å². The highest BCUT2D eigenvalue weighted by molar-refractivity contribution is 9.10. The number of ether oxygens (including phenoxy) is 1. The van der Waals surface area contributed by atoms with Gasteiger partial charge in [-0.15, -0.1) is 0 Å². The van der Waals surface area contributed by atoms with Crippen molar-refractivity contribution in [3.63, 3.8) is 0 Å². The quantitative estimate of drug-likeness (QED) is 0.778. The van der Waals surface area contributed by atoms with E-state index in [1.54, 1.807) is 0 Å². The summed E-state index contributed by atoms with van der Waals surface area (Å²) in [5.41, 5.74) is 0.463. The molecule has 0 amide bonds. The molecule has 0 saturated carbocycles. The van der Waals surface area contributed by atoms with Gasteiger partial charge < -0.3 is 15.2 Å². The van der Waals surface area contributed by atoms with Crippen LogP contribution in [0.25, 0.3) is 0 Å². The Kier molecular flexibility index (Phi) is 5.51. The summed E-state index contributed by atoms with van der Waals surface area (Å²) < 4.78 is 33.2. The van der Waals surface area contributed by atoms with Crippen LogP contribution < -0.4 is 5.32 Å². The smallest absolute Gasteiger partial charge is 0.201 e. The first kappa shape index (κ1) is 17.1. The molecule has 1 atom stereocenters. The van der Waals surface area contributed by atoms with E-state index in [9.17, 15) is 13.9 Å². The van der Waals surface area contributed by atoms with Crippen LogP contribution in [0.15, 0.2) is 10.5 Å². The van der Waals surface area contributed by atoms with Gasteiger partial charge in [0.2, 0.25) is 5.82 Å². The highest BCUT2D eigenvalue weighted by atomic mass is 79.9. The highest BCUT2D eigenvalue weighted by Gasteiger charge is 2.34. The monoisotopic (exact) mass is 390 g/mol. The number of hydrogen-bond acceptors (Lipinski definition) is 4. The Labute approximate surface area is 142 Å². The molecule has 0 aromatic heterocycles. The Bertz CT molecular complexity index is 544. The lowest BCUT2D eigenvalue weighted by molar-refractivity contribution is 0.0204. The average molecular weight is 391 g/mol. The predicted octanol–water partition coefficient (Wildman–Crippen LogP) is 2.81. The van der Waals surface area contributed by atoms with E-state index in [4.69, 9.17) is 4.74 Å². The topological polar surface area (TPSA) is 44.7 Å². The normalized spacial score (nSPS) is 22.2. The number of halogens is 3. The summed E-state index contributed by atoms with van der Waals surface area (Å²) in [5, 5.41) is 13.5. The molecule has 23 heavy (non-hydrogen) atoms. The third kappa shape index (κ3) is 3.52. The maximum absolute atomic E-state index is 14.0. The maximum atomic E-state index is 14.0. The largest absolute Gasteiger partial charge is 0.505 e. The molecule has 7 heteroatoms. The van der Waals surface area contributed by atoms with Crippen LogP contribution in [0.1, 0.15) is 24.4 Å². The van der Waals surface area contributed by atoms with Gasteiger partial charge in [0.25, 0.3) is 0 Å². The average Bonchev–Trinajstić information content (AvgIpc) is 2.60. The number of rotatable bonds is 3. The first-order valence-electron chi connectivity index (χ1n) is 7.98. The summed E-state index contributed by atoms with van der Waals surface area (Å²) in [4.78, 5) is 2.26. The predicted molar refractivity (Wildman–Crippen MR) is 86.4 cm³/mol. The second-order valence-electron chi connectivity index (χ2n) is 6.10. The van der Waals surface area contributed by atoms with E-state index in [-0.39, 0.29) is 16.4 Å². The van der Waals surface area contributed by atoms with Gasteiger partial charge in [-0.2, -0.15) is 4.39 Å². The first-order chi connectivity index (χ1) is 11.1. The van der Waals surface area contributed by atoms with Crippen LogP contribution in [0.2, 0.25) is 0 Å². The molecular weight excluding hydrogens is 370 g/mol. The van der Waals surface area contributed by atoms with Crippen molar-refractivity contribution in [1.29, 1.82) is 0 Å². The van der Waals surface area contributed by atoms with Gasteiger partial charge in [-0.05, 0) is 40.8 Å². The lowest BCUT2D eigenvalue weighted by Gasteiger charge is -2.41. The maximum Gasteiger partial charge on any atom is 0.201 e. The number of nitrogens with one attached hydrogen (secondary N) is 1. The molecule has 2 heterocycles. The van der Waals surface area contributed by atoms with Crippen LogP contribution in [0.4, 0.5) is 8.78 Å². The summed E-state index contributed by atoms with van der Waals surface area (Å²) in [5.74, 6) is -2.54. The van der Waals surface area contributed by atoms with E-state index in [0.29, 0.717) is 18.8 Å². The number of hydrogen-bond donors (Lipinski definition) is 2. The van der Waals surface area contributed by atoms with Crippen LogP contribution >= 0.6 is 15.9 Å². The van der Waals surface area contributed by atoms with Crippen molar-refractivity contribution < 1.29 is 18.6 Å². The summed E-state index contributed by atoms with van der Waals surface area (Å²) in [6, 6.07) is 1.39. The molecule has 2 fully saturated rings. The van der Waals surface area contributed by atoms with Crippen LogP contribution in [-0.4, -0.2) is 49.4 Å². The molecule has 3 rings (SSSR count). The van der Waals surface area contributed by atoms with Gasteiger partial charge in [0, 0.05) is 51.0 Å². The standard InChI is InChI=1S/C16H21BrF2N2O2/c17-12-9-11(16(22)14(19)13(12)18)15(10-1-7-23-8-2-10)21-5-3-20-4-6-21/h9-10,15,20,22H,1-8H2/t15-/m0/s1. The fourth-order valence-corrected chi connectivity index (χ4v) is 3.99. The first-order valence-corrected chi connectivity index (χ1v) is 8.77. The molecule has 0 bridgehead atoms. The lowest BCUT2D eigenvalue weighted by atomic mass is 9.85. The second-order valence-corrected chi connectivity index (χ2v) is 6.96. The molecule has 0 radical (unpaired) electrons. The molecule has 2 aliphatic rings. The lowest BCUT2D eigenvalue weighted by Crippen LogP contribution is -2.47. The highest BCUT2D eigenvalue weighted by Crippen LogP contribution is 2.42. The number of piperazine rings is 1. The fraction of sp³-hybridized carbons (Fsp3) is 0.625. The molecule has 0 aliphatic carbocycles. The number of benzene rings is 1. The van der Waals surface area contributed by atoms with Gasteiger partial charge in [0.15, 0.2) is 11.6 Å². The number of phenolic OH excluding ortho intramolecular Hbond substituents is 1. The van der Waals surface area contributed by atoms with Gasteiger partial charge in [-0.25, -0.2) is 4.39 Å².